The normalized spacial score (nSPS) is 21.5. The Morgan fingerprint density at radius 2 is 2.00 bits per heavy atom. The van der Waals surface area contributed by atoms with Gasteiger partial charge in [-0.25, -0.2) is 0 Å². The summed E-state index contributed by atoms with van der Waals surface area (Å²) in [6.45, 7) is 5.82. The Hall–Kier alpha value is -0.0800. The topological polar surface area (TPSA) is 23.5 Å². The van der Waals surface area contributed by atoms with Gasteiger partial charge in [-0.2, -0.15) is 0 Å². The Balaban J connectivity index is 2.37. The molecule has 2 nitrogen and oxygen atoms in total. The largest absolute Gasteiger partial charge is 0.396 e. The number of aliphatic hydroxyl groups excluding tert-OH is 1. The third kappa shape index (κ3) is 1.99. The quantitative estimate of drug-likeness (QED) is 0.692. The zero-order valence-electron chi connectivity index (χ0n) is 8.51. The van der Waals surface area contributed by atoms with Crippen molar-refractivity contribution < 1.29 is 5.11 Å². The van der Waals surface area contributed by atoms with Gasteiger partial charge in [-0.15, -0.1) is 0 Å². The minimum atomic E-state index is 0.249. The summed E-state index contributed by atoms with van der Waals surface area (Å²) in [5.74, 6) is 0. The highest BCUT2D eigenvalue weighted by Crippen LogP contribution is 2.40. The molecule has 0 unspecified atom stereocenters. The SMILES string of the molecule is CC(C)N(C)CC1(CO)CCC1. The molecule has 0 aromatic carbocycles. The number of aliphatic hydroxyl groups is 1. The highest BCUT2D eigenvalue weighted by molar-refractivity contribution is 4.89. The summed E-state index contributed by atoms with van der Waals surface area (Å²) < 4.78 is 0. The number of hydrogen-bond donors (Lipinski definition) is 1. The van der Waals surface area contributed by atoms with Crippen LogP contribution in [0.5, 0.6) is 0 Å². The van der Waals surface area contributed by atoms with E-state index < -0.39 is 0 Å². The summed E-state index contributed by atoms with van der Waals surface area (Å²) in [6, 6.07) is 0.592. The summed E-state index contributed by atoms with van der Waals surface area (Å²) in [6.07, 6.45) is 3.72. The lowest BCUT2D eigenvalue weighted by molar-refractivity contribution is 0.00751. The molecule has 1 rings (SSSR count). The Morgan fingerprint density at radius 3 is 2.25 bits per heavy atom. The molecule has 0 aromatic heterocycles. The lowest BCUT2D eigenvalue weighted by Crippen LogP contribution is -2.45. The van der Waals surface area contributed by atoms with Gasteiger partial charge in [0.1, 0.15) is 0 Å². The molecule has 0 spiro atoms. The van der Waals surface area contributed by atoms with Gasteiger partial charge in [-0.1, -0.05) is 6.42 Å². The van der Waals surface area contributed by atoms with Gasteiger partial charge < -0.3 is 10.0 Å². The van der Waals surface area contributed by atoms with Gasteiger partial charge in [-0.05, 0) is 33.7 Å². The first-order valence-electron chi connectivity index (χ1n) is 4.91. The molecular formula is C10H21NO. The Bertz CT molecular complexity index is 135. The first-order valence-corrected chi connectivity index (χ1v) is 4.91. The van der Waals surface area contributed by atoms with Crippen molar-refractivity contribution in [2.45, 2.75) is 39.2 Å². The number of rotatable bonds is 4. The van der Waals surface area contributed by atoms with Crippen LogP contribution in [-0.2, 0) is 0 Å². The second-order valence-electron chi connectivity index (χ2n) is 4.52. The van der Waals surface area contributed by atoms with Gasteiger partial charge in [0.05, 0.1) is 0 Å². The van der Waals surface area contributed by atoms with E-state index in [1.165, 1.54) is 19.3 Å². The van der Waals surface area contributed by atoms with Crippen molar-refractivity contribution >= 4 is 0 Å². The first kappa shape index (κ1) is 10.0. The highest BCUT2D eigenvalue weighted by Gasteiger charge is 2.37. The van der Waals surface area contributed by atoms with Gasteiger partial charge in [0.15, 0.2) is 0 Å². The van der Waals surface area contributed by atoms with Crippen LogP contribution in [0.15, 0.2) is 0 Å². The monoisotopic (exact) mass is 171 g/mol. The van der Waals surface area contributed by atoms with E-state index in [0.717, 1.165) is 6.54 Å². The van der Waals surface area contributed by atoms with Crippen molar-refractivity contribution in [1.82, 2.24) is 4.90 Å². The zero-order chi connectivity index (χ0) is 9.19. The van der Waals surface area contributed by atoms with Crippen molar-refractivity contribution in [2.75, 3.05) is 20.2 Å². The third-order valence-electron chi connectivity index (χ3n) is 3.22. The third-order valence-corrected chi connectivity index (χ3v) is 3.22. The van der Waals surface area contributed by atoms with E-state index >= 15 is 0 Å². The van der Waals surface area contributed by atoms with E-state index in [1.54, 1.807) is 0 Å². The summed E-state index contributed by atoms with van der Waals surface area (Å²) in [7, 11) is 2.14. The standard InChI is InChI=1S/C10H21NO/c1-9(2)11(3)7-10(8-12)5-4-6-10/h9,12H,4-8H2,1-3H3. The number of nitrogens with zero attached hydrogens (tertiary/aromatic N) is 1. The molecule has 0 saturated heterocycles. The minimum Gasteiger partial charge on any atom is -0.396 e. The van der Waals surface area contributed by atoms with Crippen molar-refractivity contribution in [3.05, 3.63) is 0 Å². The lowest BCUT2D eigenvalue weighted by Gasteiger charge is -2.43. The molecule has 1 aliphatic carbocycles. The van der Waals surface area contributed by atoms with E-state index in [9.17, 15) is 5.11 Å². The van der Waals surface area contributed by atoms with Gasteiger partial charge >= 0.3 is 0 Å². The Morgan fingerprint density at radius 1 is 1.42 bits per heavy atom. The molecule has 0 radical (unpaired) electrons. The molecule has 2 heteroatoms. The van der Waals surface area contributed by atoms with Gasteiger partial charge in [0, 0.05) is 24.6 Å². The average Bonchev–Trinajstić information content (AvgIpc) is 1.96. The fraction of sp³-hybridized carbons (Fsp3) is 1.00. The van der Waals surface area contributed by atoms with Gasteiger partial charge in [-0.3, -0.25) is 0 Å². The summed E-state index contributed by atoms with van der Waals surface area (Å²) in [4.78, 5) is 2.33. The van der Waals surface area contributed by atoms with Crippen molar-refractivity contribution in [2.24, 2.45) is 5.41 Å². The van der Waals surface area contributed by atoms with E-state index in [0.29, 0.717) is 12.6 Å². The molecule has 0 heterocycles. The summed E-state index contributed by atoms with van der Waals surface area (Å²) in [5.41, 5.74) is 0.249. The fourth-order valence-corrected chi connectivity index (χ4v) is 1.75. The van der Waals surface area contributed by atoms with E-state index in [4.69, 9.17) is 0 Å². The molecule has 1 fully saturated rings. The smallest absolute Gasteiger partial charge is 0.0499 e. The van der Waals surface area contributed by atoms with Crippen LogP contribution >= 0.6 is 0 Å². The van der Waals surface area contributed by atoms with Crippen LogP contribution in [0.3, 0.4) is 0 Å². The van der Waals surface area contributed by atoms with Crippen LogP contribution in [-0.4, -0.2) is 36.2 Å². The lowest BCUT2D eigenvalue weighted by atomic mass is 9.69. The second-order valence-corrected chi connectivity index (χ2v) is 4.52. The maximum absolute atomic E-state index is 9.24. The van der Waals surface area contributed by atoms with Gasteiger partial charge in [0.25, 0.3) is 0 Å². The molecule has 0 amide bonds. The summed E-state index contributed by atoms with van der Waals surface area (Å²) in [5, 5.41) is 9.24. The second kappa shape index (κ2) is 3.75. The number of hydrogen-bond acceptors (Lipinski definition) is 2. The van der Waals surface area contributed by atoms with Crippen LogP contribution in [0.2, 0.25) is 0 Å². The zero-order valence-corrected chi connectivity index (χ0v) is 8.51. The van der Waals surface area contributed by atoms with Crippen molar-refractivity contribution in [1.29, 1.82) is 0 Å². The van der Waals surface area contributed by atoms with Crippen LogP contribution in [0.25, 0.3) is 0 Å². The minimum absolute atomic E-state index is 0.249. The van der Waals surface area contributed by atoms with Crippen LogP contribution in [0, 0.1) is 5.41 Å². The molecule has 12 heavy (non-hydrogen) atoms. The predicted molar refractivity (Wildman–Crippen MR) is 51.1 cm³/mol. The molecule has 0 atom stereocenters. The maximum atomic E-state index is 9.24. The Kier molecular flexibility index (Phi) is 3.13. The van der Waals surface area contributed by atoms with E-state index in [-0.39, 0.29) is 5.41 Å². The van der Waals surface area contributed by atoms with Crippen molar-refractivity contribution in [3.63, 3.8) is 0 Å². The van der Waals surface area contributed by atoms with Crippen molar-refractivity contribution in [3.8, 4) is 0 Å². The fourth-order valence-electron chi connectivity index (χ4n) is 1.75. The molecule has 0 aromatic rings. The van der Waals surface area contributed by atoms with Crippen LogP contribution in [0.1, 0.15) is 33.1 Å². The van der Waals surface area contributed by atoms with Crippen LogP contribution < -0.4 is 0 Å². The van der Waals surface area contributed by atoms with Gasteiger partial charge in [0.2, 0.25) is 0 Å². The maximum Gasteiger partial charge on any atom is 0.0499 e. The van der Waals surface area contributed by atoms with E-state index in [1.807, 2.05) is 0 Å². The summed E-state index contributed by atoms with van der Waals surface area (Å²) >= 11 is 0. The molecule has 0 bridgehead atoms. The molecule has 1 aliphatic rings. The average molecular weight is 171 g/mol. The molecule has 0 aliphatic heterocycles. The predicted octanol–water partition coefficient (Wildman–Crippen LogP) is 1.49. The molecule has 1 N–H and O–H groups in total. The first-order chi connectivity index (χ1) is 5.59. The van der Waals surface area contributed by atoms with E-state index in [2.05, 4.69) is 25.8 Å². The molecule has 72 valence electrons. The molecular weight excluding hydrogens is 150 g/mol. The molecule has 1 saturated carbocycles. The highest BCUT2D eigenvalue weighted by atomic mass is 16.3. The van der Waals surface area contributed by atoms with Crippen LogP contribution in [0.4, 0.5) is 0 Å². The Labute approximate surface area is 75.6 Å².